The molecule has 0 saturated heterocycles. The Morgan fingerprint density at radius 2 is 2.00 bits per heavy atom. The molecule has 0 aliphatic rings. The number of hydrogen-bond donors (Lipinski definition) is 1. The van der Waals surface area contributed by atoms with Gasteiger partial charge in [0.2, 0.25) is 0 Å². The van der Waals surface area contributed by atoms with Gasteiger partial charge in [-0.05, 0) is 46.3 Å². The summed E-state index contributed by atoms with van der Waals surface area (Å²) in [6.45, 7) is 0.821. The van der Waals surface area contributed by atoms with E-state index >= 15 is 0 Å². The molecule has 6 heteroatoms. The van der Waals surface area contributed by atoms with E-state index in [9.17, 15) is 0 Å². The quantitative estimate of drug-likeness (QED) is 0.790. The molecule has 0 spiro atoms. The highest BCUT2D eigenvalue weighted by atomic mass is 79.9. The van der Waals surface area contributed by atoms with E-state index in [1.165, 1.54) is 4.88 Å². The van der Waals surface area contributed by atoms with Gasteiger partial charge in [-0.1, -0.05) is 6.07 Å². The van der Waals surface area contributed by atoms with Crippen LogP contribution in [0.2, 0.25) is 0 Å². The second-order valence-electron chi connectivity index (χ2n) is 3.98. The summed E-state index contributed by atoms with van der Waals surface area (Å²) >= 11 is 5.21. The molecule has 1 N–H and O–H groups in total. The van der Waals surface area contributed by atoms with Gasteiger partial charge in [-0.15, -0.1) is 21.5 Å². The smallest absolute Gasteiger partial charge is 0.123 e. The lowest BCUT2D eigenvalue weighted by molar-refractivity contribution is 1.05. The molecule has 2 heterocycles. The van der Waals surface area contributed by atoms with Gasteiger partial charge in [-0.2, -0.15) is 0 Å². The molecule has 3 aromatic rings. The molecule has 3 rings (SSSR count). The zero-order chi connectivity index (χ0) is 13.1. The lowest BCUT2D eigenvalue weighted by Gasteiger charge is -2.07. The Labute approximate surface area is 123 Å². The maximum absolute atomic E-state index is 3.81. The largest absolute Gasteiger partial charge is 0.380 e. The normalized spacial score (nSPS) is 10.6. The summed E-state index contributed by atoms with van der Waals surface area (Å²) in [4.78, 5) is 1.29. The van der Waals surface area contributed by atoms with E-state index in [-0.39, 0.29) is 0 Å². The van der Waals surface area contributed by atoms with Crippen molar-refractivity contribution in [1.29, 1.82) is 0 Å². The van der Waals surface area contributed by atoms with Crippen LogP contribution in [0.15, 0.2) is 52.8 Å². The molecule has 0 aliphatic heterocycles. The average Bonchev–Trinajstić information content (AvgIpc) is 3.08. The van der Waals surface area contributed by atoms with E-state index in [1.54, 1.807) is 24.0 Å². The summed E-state index contributed by atoms with van der Waals surface area (Å²) in [6.07, 6.45) is 3.38. The van der Waals surface area contributed by atoms with Gasteiger partial charge in [-0.25, -0.2) is 0 Å². The van der Waals surface area contributed by atoms with Crippen molar-refractivity contribution in [2.45, 2.75) is 6.54 Å². The number of benzene rings is 1. The highest BCUT2D eigenvalue weighted by molar-refractivity contribution is 9.11. The van der Waals surface area contributed by atoms with Gasteiger partial charge in [0.25, 0.3) is 0 Å². The number of aromatic nitrogens is 3. The monoisotopic (exact) mass is 334 g/mol. The average molecular weight is 335 g/mol. The summed E-state index contributed by atoms with van der Waals surface area (Å²) in [5.41, 5.74) is 2.12. The lowest BCUT2D eigenvalue weighted by atomic mass is 10.2. The van der Waals surface area contributed by atoms with Gasteiger partial charge in [0, 0.05) is 17.1 Å². The highest BCUT2D eigenvalue weighted by Gasteiger charge is 2.00. The second kappa shape index (κ2) is 5.54. The van der Waals surface area contributed by atoms with Crippen molar-refractivity contribution in [2.75, 3.05) is 5.32 Å². The van der Waals surface area contributed by atoms with Crippen LogP contribution in [-0.2, 0) is 6.54 Å². The molecule has 4 nitrogen and oxygen atoms in total. The third kappa shape index (κ3) is 3.02. The Balaban J connectivity index is 1.73. The molecule has 0 unspecified atom stereocenters. The van der Waals surface area contributed by atoms with Crippen LogP contribution in [0.4, 0.5) is 5.69 Å². The Bertz CT molecular complexity index is 663. The van der Waals surface area contributed by atoms with Gasteiger partial charge < -0.3 is 5.32 Å². The highest BCUT2D eigenvalue weighted by Crippen LogP contribution is 2.23. The molecule has 0 radical (unpaired) electrons. The van der Waals surface area contributed by atoms with Gasteiger partial charge >= 0.3 is 0 Å². The number of thiophene rings is 1. The number of hydrogen-bond acceptors (Lipinski definition) is 4. The fraction of sp³-hybridized carbons (Fsp3) is 0.0769. The molecule has 0 atom stereocenters. The van der Waals surface area contributed by atoms with E-state index in [2.05, 4.69) is 55.7 Å². The zero-order valence-corrected chi connectivity index (χ0v) is 12.4. The molecule has 96 valence electrons. The zero-order valence-electron chi connectivity index (χ0n) is 9.95. The van der Waals surface area contributed by atoms with Gasteiger partial charge in [0.15, 0.2) is 0 Å². The van der Waals surface area contributed by atoms with E-state index in [4.69, 9.17) is 0 Å². The van der Waals surface area contributed by atoms with Crippen molar-refractivity contribution in [2.24, 2.45) is 0 Å². The molecular formula is C13H11BrN4S. The van der Waals surface area contributed by atoms with Crippen LogP contribution < -0.4 is 5.32 Å². The molecule has 0 bridgehead atoms. The summed E-state index contributed by atoms with van der Waals surface area (Å²) in [5, 5.41) is 11.0. The Morgan fingerprint density at radius 3 is 2.74 bits per heavy atom. The number of anilines is 1. The van der Waals surface area contributed by atoms with Crippen molar-refractivity contribution in [3.8, 4) is 5.69 Å². The Hall–Kier alpha value is -1.66. The molecule has 1 aromatic carbocycles. The summed E-state index contributed by atoms with van der Waals surface area (Å²) in [7, 11) is 0. The number of halogens is 1. The van der Waals surface area contributed by atoms with Crippen molar-refractivity contribution in [1.82, 2.24) is 14.8 Å². The fourth-order valence-electron chi connectivity index (χ4n) is 1.75. The van der Waals surface area contributed by atoms with Crippen molar-refractivity contribution < 1.29 is 0 Å². The third-order valence-electron chi connectivity index (χ3n) is 2.66. The van der Waals surface area contributed by atoms with Crippen LogP contribution in [0, 0.1) is 0 Å². The van der Waals surface area contributed by atoms with Crippen molar-refractivity contribution in [3.63, 3.8) is 0 Å². The van der Waals surface area contributed by atoms with Crippen molar-refractivity contribution >= 4 is 33.0 Å². The minimum Gasteiger partial charge on any atom is -0.380 e. The first-order chi connectivity index (χ1) is 9.31. The van der Waals surface area contributed by atoms with E-state index in [0.29, 0.717) is 0 Å². The predicted molar refractivity (Wildman–Crippen MR) is 80.7 cm³/mol. The number of nitrogens with one attached hydrogen (secondary N) is 1. The minimum absolute atomic E-state index is 0.821. The molecule has 19 heavy (non-hydrogen) atoms. The first kappa shape index (κ1) is 12.4. The summed E-state index contributed by atoms with van der Waals surface area (Å²) in [6, 6.07) is 12.3. The Kier molecular flexibility index (Phi) is 3.61. The standard InChI is InChI=1S/C13H11BrN4S/c14-13-5-4-12(19-13)7-15-10-2-1-3-11(6-10)18-8-16-17-9-18/h1-6,8-9,15H,7H2. The topological polar surface area (TPSA) is 42.7 Å². The lowest BCUT2D eigenvalue weighted by Crippen LogP contribution is -1.98. The van der Waals surface area contributed by atoms with Crippen LogP contribution in [0.3, 0.4) is 0 Å². The predicted octanol–water partition coefficient (Wildman–Crippen LogP) is 3.70. The third-order valence-corrected chi connectivity index (χ3v) is 4.28. The molecule has 0 saturated carbocycles. The van der Waals surface area contributed by atoms with Crippen LogP contribution >= 0.6 is 27.3 Å². The van der Waals surface area contributed by atoms with E-state index in [1.807, 2.05) is 16.7 Å². The fourth-order valence-corrected chi connectivity index (χ4v) is 3.17. The maximum atomic E-state index is 3.81. The van der Waals surface area contributed by atoms with E-state index < -0.39 is 0 Å². The van der Waals surface area contributed by atoms with Crippen LogP contribution in [0.5, 0.6) is 0 Å². The maximum Gasteiger partial charge on any atom is 0.123 e. The summed E-state index contributed by atoms with van der Waals surface area (Å²) in [5.74, 6) is 0. The number of nitrogens with zero attached hydrogens (tertiary/aromatic N) is 3. The van der Waals surface area contributed by atoms with Gasteiger partial charge in [-0.3, -0.25) is 4.57 Å². The molecule has 0 fully saturated rings. The van der Waals surface area contributed by atoms with Gasteiger partial charge in [0.05, 0.1) is 9.47 Å². The first-order valence-corrected chi connectivity index (χ1v) is 7.35. The Morgan fingerprint density at radius 1 is 1.16 bits per heavy atom. The van der Waals surface area contributed by atoms with Gasteiger partial charge in [0.1, 0.15) is 12.7 Å². The molecule has 0 amide bonds. The van der Waals surface area contributed by atoms with Crippen LogP contribution in [0.1, 0.15) is 4.88 Å². The van der Waals surface area contributed by atoms with Crippen LogP contribution in [0.25, 0.3) is 5.69 Å². The summed E-state index contributed by atoms with van der Waals surface area (Å²) < 4.78 is 3.04. The SMILES string of the molecule is Brc1ccc(CNc2cccc(-n3cnnc3)c2)s1. The molecular weight excluding hydrogens is 324 g/mol. The number of rotatable bonds is 4. The van der Waals surface area contributed by atoms with Crippen LogP contribution in [-0.4, -0.2) is 14.8 Å². The second-order valence-corrected chi connectivity index (χ2v) is 6.53. The molecule has 0 aliphatic carbocycles. The minimum atomic E-state index is 0.821. The van der Waals surface area contributed by atoms with Crippen molar-refractivity contribution in [3.05, 3.63) is 57.7 Å². The first-order valence-electron chi connectivity index (χ1n) is 5.74. The van der Waals surface area contributed by atoms with E-state index in [0.717, 1.165) is 21.7 Å². The molecule has 2 aromatic heterocycles.